The van der Waals surface area contributed by atoms with Gasteiger partial charge in [0.05, 0.1) is 118 Å². The molecule has 20 heterocycles. The highest BCUT2D eigenvalue weighted by molar-refractivity contribution is 7.18. The van der Waals surface area contributed by atoms with Gasteiger partial charge in [0.15, 0.2) is 23.3 Å². The van der Waals surface area contributed by atoms with E-state index in [1.165, 1.54) is 51.4 Å². The Labute approximate surface area is 797 Å². The molecule has 40 heteroatoms. The molecule has 4 amide bonds. The number of ether oxygens (including phenoxy) is 7. The molecule has 696 valence electrons. The average molecular weight is 1910 g/mol. The Bertz CT molecular complexity index is 6860. The van der Waals surface area contributed by atoms with Crippen LogP contribution in [-0.4, -0.2) is 268 Å². The van der Waals surface area contributed by atoms with Crippen LogP contribution >= 0.6 is 45.3 Å². The zero-order valence-corrected chi connectivity index (χ0v) is 78.2. The fourth-order valence-corrected chi connectivity index (χ4v) is 19.2. The minimum atomic E-state index is -0.185. The number of morpholine rings is 4. The van der Waals surface area contributed by atoms with Crippen LogP contribution < -0.4 is 55.3 Å². The van der Waals surface area contributed by atoms with Crippen molar-refractivity contribution in [3.63, 3.8) is 0 Å². The third-order valence-corrected chi connectivity index (χ3v) is 26.0. The van der Waals surface area contributed by atoms with Gasteiger partial charge in [0.1, 0.15) is 71.1 Å². The van der Waals surface area contributed by atoms with Crippen LogP contribution in [0.3, 0.4) is 0 Å². The Morgan fingerprint density at radius 2 is 0.750 bits per heavy atom. The lowest BCUT2D eigenvalue weighted by Gasteiger charge is -2.29. The number of anilines is 4. The van der Waals surface area contributed by atoms with Crippen molar-refractivity contribution in [3.8, 4) is 63.6 Å². The number of rotatable bonds is 27. The number of H-pyrrole nitrogens is 1. The van der Waals surface area contributed by atoms with E-state index in [0.717, 1.165) is 92.1 Å². The molecule has 0 aliphatic carbocycles. The smallest absolute Gasteiger partial charge is 0.255 e. The van der Waals surface area contributed by atoms with E-state index >= 15 is 0 Å². The molecule has 0 bridgehead atoms. The number of hydrogen-bond donors (Lipinski definition) is 4. The summed E-state index contributed by atoms with van der Waals surface area (Å²) in [7, 11) is 6.63. The van der Waals surface area contributed by atoms with Crippen LogP contribution in [0.4, 0.5) is 23.3 Å². The van der Waals surface area contributed by atoms with Crippen molar-refractivity contribution in [3.05, 3.63) is 247 Å². The predicted octanol–water partition coefficient (Wildman–Crippen LogP) is 11.5. The molecule has 0 saturated carbocycles. The summed E-state index contributed by atoms with van der Waals surface area (Å²) < 4.78 is 37.9. The summed E-state index contributed by atoms with van der Waals surface area (Å²) >= 11 is 5.75. The zero-order chi connectivity index (χ0) is 93.5. The van der Waals surface area contributed by atoms with Crippen molar-refractivity contribution < 1.29 is 52.3 Å². The molecule has 4 aliphatic heterocycles. The van der Waals surface area contributed by atoms with Gasteiger partial charge in [-0.05, 0) is 115 Å². The molecule has 0 aromatic carbocycles. The van der Waals surface area contributed by atoms with E-state index in [1.54, 1.807) is 82.0 Å². The summed E-state index contributed by atoms with van der Waals surface area (Å²) in [5.74, 6) is 6.52. The Morgan fingerprint density at radius 1 is 0.397 bits per heavy atom. The first-order valence-corrected chi connectivity index (χ1v) is 47.7. The lowest BCUT2D eigenvalue weighted by atomic mass is 10.1. The number of fused-ring (bicyclic) bond motifs is 4. The fourth-order valence-electron chi connectivity index (χ4n) is 15.5. The lowest BCUT2D eigenvalue weighted by Crippen LogP contribution is -2.37. The van der Waals surface area contributed by atoms with Crippen LogP contribution in [0.15, 0.2) is 197 Å². The second kappa shape index (κ2) is 45.5. The van der Waals surface area contributed by atoms with Crippen LogP contribution in [0.5, 0.6) is 17.5 Å². The number of carbonyl (C=O) groups is 4. The van der Waals surface area contributed by atoms with E-state index in [-0.39, 0.29) is 29.2 Å². The highest BCUT2D eigenvalue weighted by atomic mass is 32.1. The largest absolute Gasteiger partial charge is 0.496 e. The Morgan fingerprint density at radius 3 is 1.10 bits per heavy atom. The number of hydrogen-bond acceptors (Lipinski definition) is 35. The van der Waals surface area contributed by atoms with Crippen molar-refractivity contribution in [2.75, 3.05) is 179 Å². The summed E-state index contributed by atoms with van der Waals surface area (Å²) in [4.78, 5) is 149. The monoisotopic (exact) mass is 1900 g/mol. The van der Waals surface area contributed by atoms with Gasteiger partial charge >= 0.3 is 0 Å². The van der Waals surface area contributed by atoms with E-state index in [1.807, 2.05) is 138 Å². The van der Waals surface area contributed by atoms with Gasteiger partial charge in [-0.25, -0.2) is 49.8 Å². The van der Waals surface area contributed by atoms with Crippen LogP contribution in [-0.2, 0) is 44.6 Å². The standard InChI is InChI=1S/C25H26N6O3S.2C24H24N6O3S.C23H22N6O3S/c1-30(10-7-17-6-9-27-20(15-17)33-2)25(32)18-16-35-24-21(18)23(31-11-13-34-14-12-31)28-22(29-24)19-5-3-4-8-26-19;1-32-19-6-8-25-14-16(19)5-9-27-23(31)17-15-34-24-20(17)22(30-10-12-33-13-11-30)28-21(29-24)18-4-2-3-7-26-18;1-32-19-14-16(5-8-26-19)6-9-27-23(31)17-15-34-24-20(17)22(30-10-12-33-13-11-30)28-21(29-24)18-4-2-3-7-25-18;30-18-13-15(4-7-25-18)5-8-26-22(31)16-14-33-23-19(16)21(29-9-11-32-12-10-29)27-20(28-23)17-3-1-2-6-24-17/h3-6,8-9,15-16H,7,10-14H2,1-2H3;2-4,6-8,14-15H,5,9-13H2,1H3,(H,27,31);2-5,7-8,14-15H,6,9-13H2,1H3,(H,27,31);1-4,6-7,13-14H,5,8-12H2,(H,25,30)(H,26,31). The van der Waals surface area contributed by atoms with E-state index in [2.05, 4.69) is 75.4 Å². The van der Waals surface area contributed by atoms with Crippen molar-refractivity contribution >= 4 is 133 Å². The van der Waals surface area contributed by atoms with E-state index in [9.17, 15) is 24.0 Å². The maximum absolute atomic E-state index is 13.5. The number of likely N-dealkylation sites (N-methyl/N-ethyl adjacent to an activating group) is 1. The van der Waals surface area contributed by atoms with Gasteiger partial charge in [0.25, 0.3) is 23.6 Å². The first-order valence-electron chi connectivity index (χ1n) is 44.2. The summed E-state index contributed by atoms with van der Waals surface area (Å²) in [5, 5.41) is 19.5. The number of amides is 4. The summed E-state index contributed by atoms with van der Waals surface area (Å²) in [6.07, 6.45) is 17.9. The van der Waals surface area contributed by atoms with Crippen LogP contribution in [0.1, 0.15) is 63.7 Å². The second-order valence-electron chi connectivity index (χ2n) is 31.2. The molecule has 4 aliphatic rings. The molecular weight excluding hydrogens is 1810 g/mol. The van der Waals surface area contributed by atoms with Crippen molar-refractivity contribution in [2.45, 2.75) is 25.7 Å². The number of methoxy groups -OCH3 is 3. The van der Waals surface area contributed by atoms with Gasteiger partial charge in [-0.1, -0.05) is 24.3 Å². The van der Waals surface area contributed by atoms with Gasteiger partial charge in [-0.3, -0.25) is 48.9 Å². The molecule has 16 aromatic rings. The highest BCUT2D eigenvalue weighted by Gasteiger charge is 2.31. The molecule has 36 nitrogen and oxygen atoms in total. The van der Waals surface area contributed by atoms with Crippen molar-refractivity contribution in [1.82, 2.24) is 101 Å². The van der Waals surface area contributed by atoms with Crippen molar-refractivity contribution in [2.24, 2.45) is 0 Å². The topological polar surface area (TPSA) is 411 Å². The second-order valence-corrected chi connectivity index (χ2v) is 34.6. The molecule has 20 rings (SSSR count). The molecule has 16 aromatic heterocycles. The van der Waals surface area contributed by atoms with Gasteiger partial charge in [-0.15, -0.1) is 45.3 Å². The summed E-state index contributed by atoms with van der Waals surface area (Å²) in [6.45, 7) is 12.4. The predicted molar refractivity (Wildman–Crippen MR) is 523 cm³/mol. The Balaban J connectivity index is 0.000000126. The van der Waals surface area contributed by atoms with Crippen molar-refractivity contribution in [1.29, 1.82) is 0 Å². The molecule has 0 radical (unpaired) electrons. The van der Waals surface area contributed by atoms with Crippen LogP contribution in [0.25, 0.3) is 86.9 Å². The molecule has 0 unspecified atom stereocenters. The number of nitrogens with one attached hydrogen (secondary N) is 4. The lowest BCUT2D eigenvalue weighted by molar-refractivity contribution is 0.0797. The molecule has 4 fully saturated rings. The third kappa shape index (κ3) is 22.8. The first-order chi connectivity index (χ1) is 66.8. The summed E-state index contributed by atoms with van der Waals surface area (Å²) in [6, 6.07) is 35.4. The van der Waals surface area contributed by atoms with Gasteiger partial charge in [0, 0.05) is 187 Å². The SMILES string of the molecule is COc1cc(CCN(C)C(=O)c2csc3nc(-c4ccccn4)nc(N4CCOCC4)c23)ccn1.COc1cc(CCNC(=O)c2csc3nc(-c4ccccn4)nc(N4CCOCC4)c23)ccn1.COc1ccncc1CCNC(=O)c1csc2nc(-c3ccccn3)nc(N3CCOCC3)c12.O=C(NCCc1cc[nH]c(=O)c1)c1csc2nc(-c3ccccn3)nc(N3CCOCC3)c12. The number of pyridine rings is 8. The molecule has 4 N–H and O–H groups in total. The molecule has 136 heavy (non-hydrogen) atoms. The number of thiophene rings is 4. The maximum atomic E-state index is 13.5. The summed E-state index contributed by atoms with van der Waals surface area (Å²) in [5.41, 5.74) is 8.88. The fraction of sp³-hybridized carbons (Fsp3) is 0.292. The first kappa shape index (κ1) is 93.3. The molecule has 4 saturated heterocycles. The number of nitrogens with zero attached hydrogens (tertiary/aromatic N) is 20. The van der Waals surface area contributed by atoms with Crippen LogP contribution in [0.2, 0.25) is 0 Å². The maximum Gasteiger partial charge on any atom is 0.255 e. The zero-order valence-electron chi connectivity index (χ0n) is 74.9. The van der Waals surface area contributed by atoms with E-state index < -0.39 is 0 Å². The number of aromatic nitrogens is 16. The van der Waals surface area contributed by atoms with Gasteiger partial charge in [-0.2, -0.15) is 0 Å². The number of aromatic amines is 1. The third-order valence-electron chi connectivity index (χ3n) is 22.5. The quantitative estimate of drug-likeness (QED) is 0.0371. The minimum absolute atomic E-state index is 0.0547. The van der Waals surface area contributed by atoms with Gasteiger partial charge in [0.2, 0.25) is 17.3 Å². The van der Waals surface area contributed by atoms with Crippen LogP contribution in [0, 0.1) is 0 Å². The highest BCUT2D eigenvalue weighted by Crippen LogP contribution is 2.40. The Kier molecular flexibility index (Phi) is 31.2. The van der Waals surface area contributed by atoms with E-state index in [0.29, 0.717) is 237 Å². The molecule has 0 spiro atoms. The molecular formula is C96H96N24O12S4. The number of carbonyl (C=O) groups excluding carboxylic acids is 4. The Hall–Kier alpha value is -14.5. The molecule has 0 atom stereocenters. The minimum Gasteiger partial charge on any atom is -0.496 e. The normalized spacial score (nSPS) is 13.8. The van der Waals surface area contributed by atoms with Gasteiger partial charge < -0.3 is 78.6 Å². The average Bonchev–Trinajstić information content (AvgIpc) is 1.60. The van der Waals surface area contributed by atoms with E-state index in [4.69, 9.17) is 73.0 Å².